The number of thioether (sulfide) groups is 1. The van der Waals surface area contributed by atoms with E-state index in [4.69, 9.17) is 5.11 Å². The van der Waals surface area contributed by atoms with E-state index in [0.29, 0.717) is 12.8 Å². The second kappa shape index (κ2) is 3.15. The highest BCUT2D eigenvalue weighted by Gasteiger charge is 2.55. The minimum absolute atomic E-state index is 0.0684. The van der Waals surface area contributed by atoms with E-state index in [0.717, 1.165) is 12.3 Å². The van der Waals surface area contributed by atoms with Crippen LogP contribution in [0.5, 0.6) is 0 Å². The molecule has 0 bridgehead atoms. The van der Waals surface area contributed by atoms with Crippen LogP contribution in [0, 0.1) is 5.92 Å². The fourth-order valence-electron chi connectivity index (χ4n) is 2.28. The SMILES string of the molecule is CC(=O)N1CCSC12CC(C(=O)O)C2. The van der Waals surface area contributed by atoms with Crippen molar-refractivity contribution >= 4 is 23.6 Å². The van der Waals surface area contributed by atoms with Gasteiger partial charge in [-0.15, -0.1) is 11.8 Å². The van der Waals surface area contributed by atoms with Crippen LogP contribution in [-0.4, -0.2) is 39.1 Å². The van der Waals surface area contributed by atoms with Crippen LogP contribution in [0.1, 0.15) is 19.8 Å². The Kier molecular flexibility index (Phi) is 2.21. The van der Waals surface area contributed by atoms with Crippen molar-refractivity contribution in [3.05, 3.63) is 0 Å². The Morgan fingerprint density at radius 3 is 2.64 bits per heavy atom. The number of nitrogens with zero attached hydrogens (tertiary/aromatic N) is 1. The van der Waals surface area contributed by atoms with E-state index in [1.165, 1.54) is 0 Å². The Labute approximate surface area is 86.6 Å². The topological polar surface area (TPSA) is 57.6 Å². The van der Waals surface area contributed by atoms with E-state index in [2.05, 4.69) is 0 Å². The van der Waals surface area contributed by atoms with E-state index in [-0.39, 0.29) is 16.7 Å². The van der Waals surface area contributed by atoms with Gasteiger partial charge in [-0.25, -0.2) is 0 Å². The van der Waals surface area contributed by atoms with Crippen molar-refractivity contribution in [3.8, 4) is 0 Å². The van der Waals surface area contributed by atoms with Gasteiger partial charge in [0.25, 0.3) is 0 Å². The summed E-state index contributed by atoms with van der Waals surface area (Å²) in [5, 5.41) is 8.79. The first kappa shape index (κ1) is 9.83. The second-order valence-electron chi connectivity index (χ2n) is 3.91. The molecule has 1 N–H and O–H groups in total. The molecule has 2 fully saturated rings. The molecule has 1 heterocycles. The molecular formula is C9H13NO3S. The maximum atomic E-state index is 11.3. The monoisotopic (exact) mass is 215 g/mol. The van der Waals surface area contributed by atoms with Gasteiger partial charge in [0.15, 0.2) is 0 Å². The minimum Gasteiger partial charge on any atom is -0.481 e. The van der Waals surface area contributed by atoms with E-state index < -0.39 is 5.97 Å². The predicted molar refractivity (Wildman–Crippen MR) is 52.9 cm³/mol. The summed E-state index contributed by atoms with van der Waals surface area (Å²) in [5.41, 5.74) is 0. The van der Waals surface area contributed by atoms with Crippen LogP contribution in [0.15, 0.2) is 0 Å². The molecule has 1 spiro atoms. The van der Waals surface area contributed by atoms with Crippen molar-refractivity contribution in [2.75, 3.05) is 12.3 Å². The standard InChI is InChI=1S/C9H13NO3S/c1-6(11)10-2-3-14-9(10)4-7(5-9)8(12)13/h7H,2-5H2,1H3,(H,12,13). The van der Waals surface area contributed by atoms with Gasteiger partial charge in [-0.3, -0.25) is 9.59 Å². The summed E-state index contributed by atoms with van der Waals surface area (Å²) in [6.45, 7) is 2.33. The van der Waals surface area contributed by atoms with Crippen LogP contribution in [0.2, 0.25) is 0 Å². The molecule has 0 atom stereocenters. The molecule has 1 amide bonds. The molecule has 1 aliphatic heterocycles. The van der Waals surface area contributed by atoms with E-state index in [1.807, 2.05) is 4.90 Å². The van der Waals surface area contributed by atoms with Crippen LogP contribution in [0.4, 0.5) is 0 Å². The number of carbonyl (C=O) groups excluding carboxylic acids is 1. The highest BCUT2D eigenvalue weighted by Crippen LogP contribution is 2.53. The first-order valence-electron chi connectivity index (χ1n) is 4.70. The van der Waals surface area contributed by atoms with Gasteiger partial charge >= 0.3 is 5.97 Å². The summed E-state index contributed by atoms with van der Waals surface area (Å²) < 4.78 is 0. The van der Waals surface area contributed by atoms with Crippen molar-refractivity contribution in [2.45, 2.75) is 24.6 Å². The van der Waals surface area contributed by atoms with Gasteiger partial charge in [-0.2, -0.15) is 0 Å². The zero-order valence-corrected chi connectivity index (χ0v) is 8.84. The van der Waals surface area contributed by atoms with E-state index >= 15 is 0 Å². The first-order chi connectivity index (χ1) is 6.55. The molecule has 0 aromatic carbocycles. The van der Waals surface area contributed by atoms with Crippen molar-refractivity contribution in [2.24, 2.45) is 5.92 Å². The van der Waals surface area contributed by atoms with Crippen molar-refractivity contribution < 1.29 is 14.7 Å². The Morgan fingerprint density at radius 2 is 2.14 bits per heavy atom. The molecule has 1 saturated carbocycles. The summed E-state index contributed by atoms with van der Waals surface area (Å²) in [5.74, 6) is 0.0271. The summed E-state index contributed by atoms with van der Waals surface area (Å²) >= 11 is 1.73. The number of carboxylic acid groups (broad SMARTS) is 1. The molecule has 78 valence electrons. The molecule has 4 nitrogen and oxygen atoms in total. The molecule has 1 aliphatic carbocycles. The average molecular weight is 215 g/mol. The molecule has 2 aliphatic rings. The number of hydrogen-bond acceptors (Lipinski definition) is 3. The zero-order chi connectivity index (χ0) is 10.3. The van der Waals surface area contributed by atoms with Gasteiger partial charge in [0.1, 0.15) is 0 Å². The number of carboxylic acids is 1. The van der Waals surface area contributed by atoms with Crippen LogP contribution in [0.3, 0.4) is 0 Å². The van der Waals surface area contributed by atoms with Gasteiger partial charge < -0.3 is 10.0 Å². The number of amides is 1. The Balaban J connectivity index is 2.05. The summed E-state index contributed by atoms with van der Waals surface area (Å²) in [6.07, 6.45) is 1.24. The number of aliphatic carboxylic acids is 1. The summed E-state index contributed by atoms with van der Waals surface area (Å²) in [6, 6.07) is 0. The normalized spacial score (nSPS) is 35.8. The quantitative estimate of drug-likeness (QED) is 0.702. The van der Waals surface area contributed by atoms with Gasteiger partial charge in [0, 0.05) is 19.2 Å². The smallest absolute Gasteiger partial charge is 0.306 e. The Hall–Kier alpha value is -0.710. The lowest BCUT2D eigenvalue weighted by molar-refractivity contribution is -0.151. The third kappa shape index (κ3) is 1.30. The molecule has 1 saturated heterocycles. The number of rotatable bonds is 1. The summed E-state index contributed by atoms with van der Waals surface area (Å²) in [4.78, 5) is 23.6. The maximum absolute atomic E-state index is 11.3. The highest BCUT2D eigenvalue weighted by molar-refractivity contribution is 8.00. The Morgan fingerprint density at radius 1 is 1.50 bits per heavy atom. The lowest BCUT2D eigenvalue weighted by Gasteiger charge is -2.47. The molecule has 0 radical (unpaired) electrons. The molecule has 5 heteroatoms. The third-order valence-corrected chi connectivity index (χ3v) is 4.52. The fourth-order valence-corrected chi connectivity index (χ4v) is 3.94. The average Bonchev–Trinajstić information content (AvgIpc) is 2.43. The maximum Gasteiger partial charge on any atom is 0.306 e. The highest BCUT2D eigenvalue weighted by atomic mass is 32.2. The molecule has 2 rings (SSSR count). The lowest BCUT2D eigenvalue weighted by atomic mass is 9.78. The van der Waals surface area contributed by atoms with Crippen LogP contribution < -0.4 is 0 Å². The van der Waals surface area contributed by atoms with Gasteiger partial charge in [-0.1, -0.05) is 0 Å². The van der Waals surface area contributed by atoms with Gasteiger partial charge in [-0.05, 0) is 12.8 Å². The molecule has 0 unspecified atom stereocenters. The zero-order valence-electron chi connectivity index (χ0n) is 8.02. The van der Waals surface area contributed by atoms with Crippen molar-refractivity contribution in [1.82, 2.24) is 4.90 Å². The molecule has 0 aromatic rings. The Bertz CT molecular complexity index is 286. The van der Waals surface area contributed by atoms with E-state index in [9.17, 15) is 9.59 Å². The van der Waals surface area contributed by atoms with Crippen LogP contribution >= 0.6 is 11.8 Å². The number of carbonyl (C=O) groups is 2. The molecule has 14 heavy (non-hydrogen) atoms. The van der Waals surface area contributed by atoms with Crippen molar-refractivity contribution in [3.63, 3.8) is 0 Å². The third-order valence-electron chi connectivity index (χ3n) is 3.04. The van der Waals surface area contributed by atoms with Gasteiger partial charge in [0.2, 0.25) is 5.91 Å². The molecular weight excluding hydrogens is 202 g/mol. The van der Waals surface area contributed by atoms with E-state index in [1.54, 1.807) is 18.7 Å². The first-order valence-corrected chi connectivity index (χ1v) is 5.69. The fraction of sp³-hybridized carbons (Fsp3) is 0.778. The predicted octanol–water partition coefficient (Wildman–Crippen LogP) is 0.773. The van der Waals surface area contributed by atoms with Crippen molar-refractivity contribution in [1.29, 1.82) is 0 Å². The van der Waals surface area contributed by atoms with Crippen LogP contribution in [0.25, 0.3) is 0 Å². The summed E-state index contributed by atoms with van der Waals surface area (Å²) in [7, 11) is 0. The lowest BCUT2D eigenvalue weighted by Crippen LogP contribution is -2.55. The molecule has 0 aromatic heterocycles. The number of hydrogen-bond donors (Lipinski definition) is 1. The largest absolute Gasteiger partial charge is 0.481 e. The van der Waals surface area contributed by atoms with Gasteiger partial charge in [0.05, 0.1) is 10.8 Å². The van der Waals surface area contributed by atoms with Crippen LogP contribution in [-0.2, 0) is 9.59 Å². The minimum atomic E-state index is -0.730. The second-order valence-corrected chi connectivity index (χ2v) is 5.37.